The van der Waals surface area contributed by atoms with Crippen LogP contribution in [0, 0.1) is 5.92 Å². The fourth-order valence-electron chi connectivity index (χ4n) is 7.11. The number of carbonyl (C=O) groups excluding carboxylic acids is 3. The Morgan fingerprint density at radius 2 is 1.82 bits per heavy atom. The minimum Gasteiger partial charge on any atom is -0.461 e. The third-order valence-corrected chi connectivity index (χ3v) is 9.64. The molecule has 268 valence electrons. The van der Waals surface area contributed by atoms with E-state index in [0.29, 0.717) is 38.4 Å². The molecule has 50 heavy (non-hydrogen) atoms. The number of hydrogen-bond donors (Lipinski definition) is 1. The summed E-state index contributed by atoms with van der Waals surface area (Å²) in [5, 5.41) is 1.15. The van der Waals surface area contributed by atoms with Gasteiger partial charge < -0.3 is 33.6 Å². The number of methoxy groups -OCH3 is 1. The number of aromatic nitrogens is 2. The lowest BCUT2D eigenvalue weighted by molar-refractivity contribution is -0.139. The number of hydrogen-bond acceptors (Lipinski definition) is 6. The van der Waals surface area contributed by atoms with Crippen LogP contribution in [0.5, 0.6) is 0 Å². The average Bonchev–Trinajstić information content (AvgIpc) is 3.71. The van der Waals surface area contributed by atoms with Crippen LogP contribution in [0.3, 0.4) is 0 Å². The molecule has 1 saturated heterocycles. The van der Waals surface area contributed by atoms with E-state index in [9.17, 15) is 14.4 Å². The molecule has 6 rings (SSSR count). The van der Waals surface area contributed by atoms with Crippen molar-refractivity contribution in [2.24, 2.45) is 5.92 Å². The van der Waals surface area contributed by atoms with Crippen molar-refractivity contribution in [1.82, 2.24) is 19.4 Å². The number of nitrogens with one attached hydrogen (secondary N) is 1. The molecule has 4 aromatic rings. The van der Waals surface area contributed by atoms with E-state index < -0.39 is 23.6 Å². The topological polar surface area (TPSA) is 106 Å². The number of amides is 2. The lowest BCUT2D eigenvalue weighted by atomic mass is 9.79. The summed E-state index contributed by atoms with van der Waals surface area (Å²) in [5.41, 5.74) is 4.88. The van der Waals surface area contributed by atoms with E-state index in [-0.39, 0.29) is 25.8 Å². The molecule has 0 bridgehead atoms. The zero-order valence-corrected chi connectivity index (χ0v) is 29.9. The predicted octanol–water partition coefficient (Wildman–Crippen LogP) is 7.63. The van der Waals surface area contributed by atoms with Crippen molar-refractivity contribution in [1.29, 1.82) is 0 Å². The Morgan fingerprint density at radius 1 is 1.02 bits per heavy atom. The summed E-state index contributed by atoms with van der Waals surface area (Å²) in [6.45, 7) is 10.5. The Bertz CT molecular complexity index is 1820. The summed E-state index contributed by atoms with van der Waals surface area (Å²) < 4.78 is 18.5. The maximum atomic E-state index is 14.9. The van der Waals surface area contributed by atoms with Crippen LogP contribution < -0.4 is 0 Å². The number of aryl methyl sites for hydroxylation is 1. The van der Waals surface area contributed by atoms with E-state index in [0.717, 1.165) is 59.0 Å². The minimum atomic E-state index is -0.641. The Balaban J connectivity index is 0.00000504. The van der Waals surface area contributed by atoms with Crippen molar-refractivity contribution in [2.75, 3.05) is 33.4 Å². The van der Waals surface area contributed by atoms with E-state index in [1.807, 2.05) is 32.9 Å². The molecule has 1 N–H and O–H groups in total. The van der Waals surface area contributed by atoms with Crippen molar-refractivity contribution in [2.45, 2.75) is 84.0 Å². The highest BCUT2D eigenvalue weighted by Gasteiger charge is 2.43. The molecular weight excluding hydrogens is 632 g/mol. The van der Waals surface area contributed by atoms with E-state index in [4.69, 9.17) is 14.2 Å². The summed E-state index contributed by atoms with van der Waals surface area (Å²) >= 11 is 0. The highest BCUT2D eigenvalue weighted by Crippen LogP contribution is 2.40. The number of likely N-dealkylation sites (tertiary alicyclic amines) is 1. The van der Waals surface area contributed by atoms with Gasteiger partial charge in [0.1, 0.15) is 11.3 Å². The zero-order chi connectivity index (χ0) is 35.4. The van der Waals surface area contributed by atoms with Crippen molar-refractivity contribution < 1.29 is 30.0 Å². The van der Waals surface area contributed by atoms with Crippen LogP contribution in [0.2, 0.25) is 0 Å². The lowest BCUT2D eigenvalue weighted by Gasteiger charge is -2.40. The number of rotatable bonds is 12. The normalized spacial score (nSPS) is 17.9. The maximum Gasteiger partial charge on any atom is 0.410 e. The molecule has 1 aliphatic carbocycles. The minimum absolute atomic E-state index is 0. The van der Waals surface area contributed by atoms with Gasteiger partial charge in [0.15, 0.2) is 0 Å². The molecule has 2 aromatic heterocycles. The van der Waals surface area contributed by atoms with Gasteiger partial charge in [-0.2, -0.15) is 0 Å². The molecule has 1 saturated carbocycles. The van der Waals surface area contributed by atoms with Crippen LogP contribution >= 0.6 is 0 Å². The van der Waals surface area contributed by atoms with Gasteiger partial charge in [-0.05, 0) is 88.1 Å². The van der Waals surface area contributed by atoms with Crippen molar-refractivity contribution in [3.8, 4) is 11.1 Å². The number of carbonyl (C=O) groups is 3. The first-order chi connectivity index (χ1) is 24.1. The molecule has 2 fully saturated rings. The standard InChI is InChI=1S/C40H50N4O6.H2/c1-6-49-38(46)35-22-29(23-41-35)27-11-9-12-28(21-27)32-17-19-43(39(47)50-40(2,3)4)26-34(32)37(45)44(31-15-16-31)25-30-24-42(18-10-20-48-5)36-14-8-7-13-33(30)36;/h7-9,11-14,21-24,31-32,34,41H,6,10,15-20,25-26H2,1-5H3;1H/t32-,34+;/m1./s1. The molecule has 2 aliphatic rings. The van der Waals surface area contributed by atoms with Gasteiger partial charge >= 0.3 is 12.1 Å². The van der Waals surface area contributed by atoms with Gasteiger partial charge in [-0.3, -0.25) is 4.79 Å². The first-order valence-corrected chi connectivity index (χ1v) is 17.9. The molecule has 2 aromatic carbocycles. The molecule has 2 amide bonds. The number of aromatic amines is 1. The summed E-state index contributed by atoms with van der Waals surface area (Å²) in [4.78, 5) is 47.4. The Kier molecular flexibility index (Phi) is 10.7. The average molecular weight is 685 g/mol. The van der Waals surface area contributed by atoms with Crippen LogP contribution in [-0.2, 0) is 32.1 Å². The molecule has 0 spiro atoms. The molecule has 0 unspecified atom stereocenters. The van der Waals surface area contributed by atoms with Gasteiger partial charge in [-0.15, -0.1) is 0 Å². The van der Waals surface area contributed by atoms with Gasteiger partial charge in [-0.25, -0.2) is 9.59 Å². The van der Waals surface area contributed by atoms with Crippen molar-refractivity contribution >= 4 is 28.9 Å². The first kappa shape index (κ1) is 35.3. The third kappa shape index (κ3) is 8.07. The second kappa shape index (κ2) is 15.1. The van der Waals surface area contributed by atoms with E-state index >= 15 is 0 Å². The Hall–Kier alpha value is -4.57. The number of fused-ring (bicyclic) bond motifs is 1. The summed E-state index contributed by atoms with van der Waals surface area (Å²) in [6, 6.07) is 18.5. The van der Waals surface area contributed by atoms with Crippen molar-refractivity contribution in [3.05, 3.63) is 83.8 Å². The van der Waals surface area contributed by atoms with E-state index in [2.05, 4.69) is 57.0 Å². The number of para-hydroxylation sites is 1. The number of benzene rings is 2. The second-order valence-electron chi connectivity index (χ2n) is 14.5. The molecule has 3 heterocycles. The van der Waals surface area contributed by atoms with Crippen LogP contribution in [0.4, 0.5) is 4.79 Å². The number of piperidine rings is 1. The third-order valence-electron chi connectivity index (χ3n) is 9.64. The Labute approximate surface area is 296 Å². The van der Waals surface area contributed by atoms with Crippen LogP contribution in [-0.4, -0.2) is 82.4 Å². The summed E-state index contributed by atoms with van der Waals surface area (Å²) in [7, 11) is 1.72. The molecular formula is C40H52N4O6. The Morgan fingerprint density at radius 3 is 2.56 bits per heavy atom. The highest BCUT2D eigenvalue weighted by molar-refractivity contribution is 5.89. The van der Waals surface area contributed by atoms with E-state index in [1.165, 1.54) is 0 Å². The number of H-pyrrole nitrogens is 1. The predicted molar refractivity (Wildman–Crippen MR) is 195 cm³/mol. The lowest BCUT2D eigenvalue weighted by Crippen LogP contribution is -2.51. The van der Waals surface area contributed by atoms with E-state index in [1.54, 1.807) is 31.2 Å². The first-order valence-electron chi connectivity index (χ1n) is 17.9. The SMILES string of the molecule is CCOC(=O)c1cc(-c2cccc([C@H]3CCN(C(=O)OC(C)(C)C)C[C@@H]3C(=O)N(Cc3cn(CCCOC)c4ccccc34)C3CC3)c2)c[nH]1.[HH]. The van der Waals surface area contributed by atoms with Gasteiger partial charge in [0.05, 0.1) is 12.5 Å². The quantitative estimate of drug-likeness (QED) is 0.122. The monoisotopic (exact) mass is 684 g/mol. The van der Waals surface area contributed by atoms with Crippen LogP contribution in [0.25, 0.3) is 22.0 Å². The molecule has 10 nitrogen and oxygen atoms in total. The molecule has 10 heteroatoms. The molecule has 2 atom stereocenters. The van der Waals surface area contributed by atoms with Crippen LogP contribution in [0.1, 0.15) is 82.3 Å². The smallest absolute Gasteiger partial charge is 0.410 e. The zero-order valence-electron chi connectivity index (χ0n) is 29.9. The second-order valence-corrected chi connectivity index (χ2v) is 14.5. The van der Waals surface area contributed by atoms with Gasteiger partial charge in [-0.1, -0.05) is 42.5 Å². The number of esters is 1. The maximum absolute atomic E-state index is 14.9. The van der Waals surface area contributed by atoms with Gasteiger partial charge in [0, 0.05) is 76.2 Å². The molecule has 1 aliphatic heterocycles. The van der Waals surface area contributed by atoms with Gasteiger partial charge in [0.2, 0.25) is 5.91 Å². The van der Waals surface area contributed by atoms with Crippen molar-refractivity contribution in [3.63, 3.8) is 0 Å². The summed E-state index contributed by atoms with van der Waals surface area (Å²) in [5.74, 6) is -0.892. The number of nitrogens with zero attached hydrogens (tertiary/aromatic N) is 3. The van der Waals surface area contributed by atoms with Crippen LogP contribution in [0.15, 0.2) is 67.0 Å². The fraction of sp³-hybridized carbons (Fsp3) is 0.475. The highest BCUT2D eigenvalue weighted by atomic mass is 16.6. The fourth-order valence-corrected chi connectivity index (χ4v) is 7.11. The largest absolute Gasteiger partial charge is 0.461 e. The molecule has 0 radical (unpaired) electrons. The van der Waals surface area contributed by atoms with Gasteiger partial charge in [0.25, 0.3) is 0 Å². The number of ether oxygens (including phenoxy) is 3. The summed E-state index contributed by atoms with van der Waals surface area (Å²) in [6.07, 6.45) is 7.07.